The number of thiophene rings is 1. The Kier molecular flexibility index (Phi) is 7.46. The van der Waals surface area contributed by atoms with E-state index >= 15 is 0 Å². The monoisotopic (exact) mass is 362 g/mol. The molecule has 0 saturated heterocycles. The molecule has 2 rings (SSSR count). The highest BCUT2D eigenvalue weighted by Crippen LogP contribution is 2.22. The number of nitrogens with one attached hydrogen (secondary N) is 2. The Morgan fingerprint density at radius 2 is 2.16 bits per heavy atom. The van der Waals surface area contributed by atoms with Gasteiger partial charge in [-0.2, -0.15) is 5.10 Å². The van der Waals surface area contributed by atoms with E-state index in [1.165, 1.54) is 10.6 Å². The summed E-state index contributed by atoms with van der Waals surface area (Å²) in [7, 11) is 6.03. The zero-order valence-corrected chi connectivity index (χ0v) is 16.7. The molecular weight excluding hydrogens is 332 g/mol. The lowest BCUT2D eigenvalue weighted by Crippen LogP contribution is -2.42. The number of aliphatic imine (C=N–C) groups is 1. The molecule has 0 aromatic carbocycles. The Morgan fingerprint density at radius 1 is 1.36 bits per heavy atom. The maximum absolute atomic E-state index is 4.49. The highest BCUT2D eigenvalue weighted by Gasteiger charge is 2.15. The molecule has 1 unspecified atom stereocenters. The minimum atomic E-state index is 0.341. The van der Waals surface area contributed by atoms with E-state index in [0.717, 1.165) is 37.7 Å². The van der Waals surface area contributed by atoms with Gasteiger partial charge in [0.15, 0.2) is 5.96 Å². The highest BCUT2D eigenvalue weighted by atomic mass is 32.1. The first-order chi connectivity index (χ1) is 12.0. The van der Waals surface area contributed by atoms with Crippen LogP contribution >= 0.6 is 11.3 Å². The van der Waals surface area contributed by atoms with Gasteiger partial charge in [0.05, 0.1) is 11.7 Å². The van der Waals surface area contributed by atoms with Crippen molar-refractivity contribution in [1.82, 2.24) is 25.3 Å². The van der Waals surface area contributed by atoms with Crippen molar-refractivity contribution in [2.75, 3.05) is 34.2 Å². The van der Waals surface area contributed by atoms with Gasteiger partial charge < -0.3 is 15.5 Å². The minimum absolute atomic E-state index is 0.341. The maximum Gasteiger partial charge on any atom is 0.191 e. The van der Waals surface area contributed by atoms with Crippen LogP contribution in [-0.2, 0) is 6.54 Å². The Hall–Kier alpha value is -1.86. The van der Waals surface area contributed by atoms with Crippen LogP contribution in [0.4, 0.5) is 0 Å². The van der Waals surface area contributed by atoms with E-state index in [1.807, 2.05) is 14.0 Å². The number of likely N-dealkylation sites (N-methyl/N-ethyl adjacent to an activating group) is 1. The molecule has 138 valence electrons. The van der Waals surface area contributed by atoms with Crippen molar-refractivity contribution in [3.63, 3.8) is 0 Å². The van der Waals surface area contributed by atoms with Crippen molar-refractivity contribution in [3.8, 4) is 0 Å². The van der Waals surface area contributed by atoms with Crippen LogP contribution in [0.25, 0.3) is 0 Å². The van der Waals surface area contributed by atoms with Crippen LogP contribution in [0.1, 0.15) is 28.7 Å². The fraction of sp³-hybridized carbons (Fsp3) is 0.556. The molecule has 0 spiro atoms. The van der Waals surface area contributed by atoms with Crippen molar-refractivity contribution >= 4 is 17.3 Å². The van der Waals surface area contributed by atoms with Crippen molar-refractivity contribution < 1.29 is 0 Å². The van der Waals surface area contributed by atoms with Gasteiger partial charge in [0.25, 0.3) is 0 Å². The number of aryl methyl sites for hydroxylation is 3. The van der Waals surface area contributed by atoms with Crippen LogP contribution in [0, 0.1) is 13.8 Å². The van der Waals surface area contributed by atoms with E-state index in [-0.39, 0.29) is 0 Å². The molecule has 0 fully saturated rings. The lowest BCUT2D eigenvalue weighted by atomic mass is 10.2. The van der Waals surface area contributed by atoms with Gasteiger partial charge in [-0.05, 0) is 51.9 Å². The molecule has 0 saturated carbocycles. The van der Waals surface area contributed by atoms with Gasteiger partial charge in [0, 0.05) is 37.3 Å². The summed E-state index contributed by atoms with van der Waals surface area (Å²) in [4.78, 5) is 7.91. The number of rotatable bonds is 8. The molecule has 6 nitrogen and oxygen atoms in total. The first-order valence-electron chi connectivity index (χ1n) is 8.66. The van der Waals surface area contributed by atoms with Crippen LogP contribution in [0.15, 0.2) is 28.6 Å². The first-order valence-corrected chi connectivity index (χ1v) is 9.54. The van der Waals surface area contributed by atoms with Gasteiger partial charge in [0.2, 0.25) is 0 Å². The summed E-state index contributed by atoms with van der Waals surface area (Å²) in [5.74, 6) is 0.844. The normalized spacial score (nSPS) is 13.3. The van der Waals surface area contributed by atoms with Gasteiger partial charge in [-0.25, -0.2) is 0 Å². The smallest absolute Gasteiger partial charge is 0.191 e. The Balaban J connectivity index is 1.75. The SMILES string of the molecule is CN=C(NCCCn1nc(C)cc1C)NCC(c1cccs1)N(C)C. The Bertz CT molecular complexity index is 659. The van der Waals surface area contributed by atoms with E-state index in [2.05, 4.69) is 74.9 Å². The van der Waals surface area contributed by atoms with Crippen molar-refractivity contribution in [3.05, 3.63) is 39.8 Å². The van der Waals surface area contributed by atoms with Crippen LogP contribution in [0.2, 0.25) is 0 Å². The minimum Gasteiger partial charge on any atom is -0.356 e. The second kappa shape index (κ2) is 9.58. The molecule has 2 heterocycles. The van der Waals surface area contributed by atoms with Crippen molar-refractivity contribution in [2.45, 2.75) is 32.9 Å². The third-order valence-electron chi connectivity index (χ3n) is 4.12. The molecule has 2 N–H and O–H groups in total. The van der Waals surface area contributed by atoms with Crippen LogP contribution in [0.3, 0.4) is 0 Å². The standard InChI is InChI=1S/C18H30N6S/c1-14-12-15(2)24(22-14)10-7-9-20-18(19-3)21-13-16(23(4)5)17-8-6-11-25-17/h6,8,11-12,16H,7,9-10,13H2,1-5H3,(H2,19,20,21). The topological polar surface area (TPSA) is 57.5 Å². The number of nitrogens with zero attached hydrogens (tertiary/aromatic N) is 4. The molecule has 0 amide bonds. The lowest BCUT2D eigenvalue weighted by Gasteiger charge is -2.24. The fourth-order valence-corrected chi connectivity index (χ4v) is 3.69. The third kappa shape index (κ3) is 5.86. The molecule has 25 heavy (non-hydrogen) atoms. The molecule has 0 aliphatic heterocycles. The Morgan fingerprint density at radius 3 is 2.72 bits per heavy atom. The van der Waals surface area contributed by atoms with E-state index in [1.54, 1.807) is 11.3 Å². The molecule has 1 atom stereocenters. The molecule has 2 aromatic heterocycles. The van der Waals surface area contributed by atoms with Gasteiger partial charge >= 0.3 is 0 Å². The first kappa shape index (κ1) is 19.5. The van der Waals surface area contributed by atoms with Crippen molar-refractivity contribution in [2.24, 2.45) is 4.99 Å². The van der Waals surface area contributed by atoms with E-state index in [4.69, 9.17) is 0 Å². The van der Waals surface area contributed by atoms with Crippen LogP contribution in [0.5, 0.6) is 0 Å². The number of hydrogen-bond donors (Lipinski definition) is 2. The predicted molar refractivity (Wildman–Crippen MR) is 106 cm³/mol. The molecule has 7 heteroatoms. The largest absolute Gasteiger partial charge is 0.356 e. The van der Waals surface area contributed by atoms with Gasteiger partial charge in [0.1, 0.15) is 0 Å². The quantitative estimate of drug-likeness (QED) is 0.430. The molecule has 2 aromatic rings. The number of hydrogen-bond acceptors (Lipinski definition) is 4. The lowest BCUT2D eigenvalue weighted by molar-refractivity contribution is 0.302. The molecule has 0 bridgehead atoms. The van der Waals surface area contributed by atoms with E-state index < -0.39 is 0 Å². The van der Waals surface area contributed by atoms with Crippen LogP contribution < -0.4 is 10.6 Å². The zero-order chi connectivity index (χ0) is 18.2. The average Bonchev–Trinajstić information content (AvgIpc) is 3.19. The van der Waals surface area contributed by atoms with Gasteiger partial charge in [-0.15, -0.1) is 11.3 Å². The van der Waals surface area contributed by atoms with E-state index in [9.17, 15) is 0 Å². The number of guanidine groups is 1. The third-order valence-corrected chi connectivity index (χ3v) is 5.10. The maximum atomic E-state index is 4.49. The molecule has 0 radical (unpaired) electrons. The Labute approximate surface area is 155 Å². The molecule has 0 aliphatic rings. The summed E-state index contributed by atoms with van der Waals surface area (Å²) in [6, 6.07) is 6.73. The number of aromatic nitrogens is 2. The van der Waals surface area contributed by atoms with Gasteiger partial charge in [-0.1, -0.05) is 6.07 Å². The van der Waals surface area contributed by atoms with Crippen LogP contribution in [-0.4, -0.2) is 54.9 Å². The predicted octanol–water partition coefficient (Wildman–Crippen LogP) is 2.42. The summed E-state index contributed by atoms with van der Waals surface area (Å²) >= 11 is 1.79. The van der Waals surface area contributed by atoms with Crippen molar-refractivity contribution in [1.29, 1.82) is 0 Å². The summed E-state index contributed by atoms with van der Waals surface area (Å²) in [6.07, 6.45) is 1.00. The summed E-state index contributed by atoms with van der Waals surface area (Å²) in [6.45, 7) is 6.73. The summed E-state index contributed by atoms with van der Waals surface area (Å²) in [5.41, 5.74) is 2.29. The molecular formula is C18H30N6S. The summed E-state index contributed by atoms with van der Waals surface area (Å²) < 4.78 is 2.06. The second-order valence-electron chi connectivity index (χ2n) is 6.38. The zero-order valence-electron chi connectivity index (χ0n) is 15.9. The fourth-order valence-electron chi connectivity index (χ4n) is 2.77. The second-order valence-corrected chi connectivity index (χ2v) is 7.36. The highest BCUT2D eigenvalue weighted by molar-refractivity contribution is 7.10. The molecule has 0 aliphatic carbocycles. The van der Waals surface area contributed by atoms with E-state index in [0.29, 0.717) is 6.04 Å². The average molecular weight is 363 g/mol. The summed E-state index contributed by atoms with van der Waals surface area (Å²) in [5, 5.41) is 13.4. The van der Waals surface area contributed by atoms with Gasteiger partial charge in [-0.3, -0.25) is 9.67 Å².